The fourth-order valence-corrected chi connectivity index (χ4v) is 3.61. The number of methoxy groups -OCH3 is 1. The number of halogens is 1. The van der Waals surface area contributed by atoms with Crippen LogP contribution in [0.4, 0.5) is 5.69 Å². The van der Waals surface area contributed by atoms with Gasteiger partial charge in [-0.15, -0.1) is 0 Å². The topological polar surface area (TPSA) is 77.9 Å². The molecule has 0 aliphatic heterocycles. The van der Waals surface area contributed by atoms with E-state index < -0.39 is 0 Å². The van der Waals surface area contributed by atoms with Crippen LogP contribution < -0.4 is 10.1 Å². The second-order valence-electron chi connectivity index (χ2n) is 7.05. The number of benzene rings is 2. The maximum absolute atomic E-state index is 8.95. The summed E-state index contributed by atoms with van der Waals surface area (Å²) in [6, 6.07) is 11.7. The van der Waals surface area contributed by atoms with Crippen molar-refractivity contribution in [3.05, 3.63) is 66.3 Å². The van der Waals surface area contributed by atoms with Crippen molar-refractivity contribution in [1.82, 2.24) is 9.88 Å². The smallest absolute Gasteiger partial charge is 0.119 e. The molecule has 0 amide bonds. The number of ether oxygens (including phenoxy) is 1. The van der Waals surface area contributed by atoms with Crippen LogP contribution >= 0.6 is 11.6 Å². The van der Waals surface area contributed by atoms with Gasteiger partial charge in [0.1, 0.15) is 5.75 Å². The van der Waals surface area contributed by atoms with E-state index in [4.69, 9.17) is 31.5 Å². The third-order valence-electron chi connectivity index (χ3n) is 4.90. The van der Waals surface area contributed by atoms with Crippen LogP contribution in [-0.4, -0.2) is 39.8 Å². The fraction of sp³-hybridized carbons (Fsp3) is 0.261. The predicted octanol–water partition coefficient (Wildman–Crippen LogP) is 5.99. The average molecular weight is 428 g/mol. The van der Waals surface area contributed by atoms with Crippen LogP contribution in [-0.2, 0) is 0 Å². The molecule has 0 saturated heterocycles. The highest BCUT2D eigenvalue weighted by Crippen LogP contribution is 2.34. The molecule has 0 aliphatic carbocycles. The Kier molecular flexibility index (Phi) is 7.25. The zero-order valence-corrected chi connectivity index (χ0v) is 17.8. The number of aromatic nitrogens is 1. The minimum Gasteiger partial charge on any atom is -0.514 e. The van der Waals surface area contributed by atoms with Gasteiger partial charge < -0.3 is 25.2 Å². The molecule has 0 radical (unpaired) electrons. The second-order valence-corrected chi connectivity index (χ2v) is 7.49. The number of nitrogens with one attached hydrogen (secondary N) is 1. The summed E-state index contributed by atoms with van der Waals surface area (Å²) in [5, 5.41) is 24.2. The quantitative estimate of drug-likeness (QED) is 0.287. The van der Waals surface area contributed by atoms with E-state index in [0.29, 0.717) is 11.6 Å². The van der Waals surface area contributed by atoms with E-state index in [1.807, 2.05) is 36.4 Å². The van der Waals surface area contributed by atoms with Crippen molar-refractivity contribution < 1.29 is 14.9 Å². The van der Waals surface area contributed by atoms with Crippen molar-refractivity contribution in [1.29, 1.82) is 0 Å². The summed E-state index contributed by atoms with van der Waals surface area (Å²) in [4.78, 5) is 6.48. The van der Waals surface area contributed by atoms with Crippen molar-refractivity contribution in [3.63, 3.8) is 0 Å². The lowest BCUT2D eigenvalue weighted by molar-refractivity contribution is 0.403. The molecule has 0 fully saturated rings. The summed E-state index contributed by atoms with van der Waals surface area (Å²) in [5.74, 6) is 0.774. The lowest BCUT2D eigenvalue weighted by Gasteiger charge is -2.21. The minimum absolute atomic E-state index is 0.179. The van der Waals surface area contributed by atoms with Crippen LogP contribution in [0.25, 0.3) is 21.8 Å². The van der Waals surface area contributed by atoms with Crippen molar-refractivity contribution >= 4 is 39.1 Å². The summed E-state index contributed by atoms with van der Waals surface area (Å²) < 4.78 is 5.41. The number of aliphatic hydroxyl groups excluding tert-OH is 2. The highest BCUT2D eigenvalue weighted by molar-refractivity contribution is 6.31. The van der Waals surface area contributed by atoms with E-state index in [1.165, 1.54) is 12.4 Å². The van der Waals surface area contributed by atoms with Crippen LogP contribution in [0.1, 0.15) is 19.8 Å². The number of hydrogen-bond donors (Lipinski definition) is 3. The highest BCUT2D eigenvalue weighted by atomic mass is 35.5. The minimum atomic E-state index is 0.179. The molecule has 1 aromatic heterocycles. The van der Waals surface area contributed by atoms with Gasteiger partial charge in [-0.3, -0.25) is 0 Å². The molecule has 30 heavy (non-hydrogen) atoms. The molecular weight excluding hydrogens is 402 g/mol. The number of aliphatic hydroxyl groups is 2. The maximum Gasteiger partial charge on any atom is 0.119 e. The van der Waals surface area contributed by atoms with Gasteiger partial charge in [0.25, 0.3) is 0 Å². The molecule has 1 heterocycles. The van der Waals surface area contributed by atoms with E-state index >= 15 is 0 Å². The SMILES string of the molecule is COc1ccc2nc3cc(Cl)ccc3c(N[C@@H](C)CCCN(/C=C/O)/C=C/O)c2c1. The number of anilines is 1. The fourth-order valence-electron chi connectivity index (χ4n) is 3.45. The Labute approximate surface area is 181 Å². The van der Waals surface area contributed by atoms with E-state index in [1.54, 1.807) is 12.0 Å². The lowest BCUT2D eigenvalue weighted by atomic mass is 10.1. The first-order valence-corrected chi connectivity index (χ1v) is 10.1. The van der Waals surface area contributed by atoms with E-state index in [9.17, 15) is 0 Å². The van der Waals surface area contributed by atoms with Gasteiger partial charge >= 0.3 is 0 Å². The largest absolute Gasteiger partial charge is 0.514 e. The van der Waals surface area contributed by atoms with Crippen LogP contribution in [0.5, 0.6) is 5.75 Å². The summed E-state index contributed by atoms with van der Waals surface area (Å²) >= 11 is 6.19. The van der Waals surface area contributed by atoms with Gasteiger partial charge in [0, 0.05) is 40.8 Å². The molecule has 0 spiro atoms. The zero-order valence-electron chi connectivity index (χ0n) is 17.0. The zero-order chi connectivity index (χ0) is 21.5. The van der Waals surface area contributed by atoms with E-state index in [2.05, 4.69) is 12.2 Å². The normalized spacial score (nSPS) is 12.8. The van der Waals surface area contributed by atoms with Crippen molar-refractivity contribution in [2.75, 3.05) is 19.0 Å². The first-order chi connectivity index (χ1) is 14.5. The maximum atomic E-state index is 8.95. The standard InChI is InChI=1S/C23H26ClN3O3/c1-16(4-3-9-27(10-12-28)11-13-29)25-23-19-7-5-17(24)14-22(19)26-21-8-6-18(30-2)15-20(21)23/h5-8,10-16,28-29H,3-4,9H2,1-2H3,(H,25,26)/b12-10+,13-11+/t16-/m0/s1. The Hall–Kier alpha value is -3.12. The van der Waals surface area contributed by atoms with Gasteiger partial charge in [-0.1, -0.05) is 11.6 Å². The number of rotatable bonds is 9. The lowest BCUT2D eigenvalue weighted by Crippen LogP contribution is -2.19. The Morgan fingerprint density at radius 2 is 1.87 bits per heavy atom. The van der Waals surface area contributed by atoms with Gasteiger partial charge in [0.2, 0.25) is 0 Å². The molecule has 3 rings (SSSR count). The van der Waals surface area contributed by atoms with Gasteiger partial charge in [-0.2, -0.15) is 0 Å². The molecule has 1 atom stereocenters. The molecule has 0 saturated carbocycles. The van der Waals surface area contributed by atoms with Crippen LogP contribution in [0.2, 0.25) is 5.02 Å². The molecule has 2 aromatic carbocycles. The molecule has 3 N–H and O–H groups in total. The number of nitrogens with zero attached hydrogens (tertiary/aromatic N) is 2. The van der Waals surface area contributed by atoms with Crippen molar-refractivity contribution in [2.24, 2.45) is 0 Å². The molecule has 0 aliphatic rings. The van der Waals surface area contributed by atoms with E-state index in [0.717, 1.165) is 58.6 Å². The molecule has 6 nitrogen and oxygen atoms in total. The highest BCUT2D eigenvalue weighted by Gasteiger charge is 2.13. The number of hydrogen-bond acceptors (Lipinski definition) is 6. The van der Waals surface area contributed by atoms with Crippen LogP contribution in [0, 0.1) is 0 Å². The van der Waals surface area contributed by atoms with Gasteiger partial charge in [0.05, 0.1) is 36.4 Å². The monoisotopic (exact) mass is 427 g/mol. The Morgan fingerprint density at radius 1 is 1.10 bits per heavy atom. The molecule has 0 unspecified atom stereocenters. The number of fused-ring (bicyclic) bond motifs is 2. The summed E-state index contributed by atoms with van der Waals surface area (Å²) in [5.41, 5.74) is 2.70. The predicted molar refractivity (Wildman–Crippen MR) is 123 cm³/mol. The Balaban J connectivity index is 1.87. The van der Waals surface area contributed by atoms with E-state index in [-0.39, 0.29) is 6.04 Å². The third kappa shape index (κ3) is 5.07. The first kappa shape index (κ1) is 21.6. The van der Waals surface area contributed by atoms with Gasteiger partial charge in [-0.25, -0.2) is 4.98 Å². The van der Waals surface area contributed by atoms with Gasteiger partial charge in [0.15, 0.2) is 0 Å². The molecule has 0 bridgehead atoms. The van der Waals surface area contributed by atoms with Crippen molar-refractivity contribution in [2.45, 2.75) is 25.8 Å². The summed E-state index contributed by atoms with van der Waals surface area (Å²) in [6.07, 6.45) is 6.66. The number of pyridine rings is 1. The van der Waals surface area contributed by atoms with Crippen molar-refractivity contribution in [3.8, 4) is 5.75 Å². The van der Waals surface area contributed by atoms with Crippen LogP contribution in [0.3, 0.4) is 0 Å². The second kappa shape index (κ2) is 10.1. The summed E-state index contributed by atoms with van der Waals surface area (Å²) in [6.45, 7) is 2.80. The molecular formula is C23H26ClN3O3. The molecule has 3 aromatic rings. The average Bonchev–Trinajstić information content (AvgIpc) is 2.73. The third-order valence-corrected chi connectivity index (χ3v) is 5.14. The molecule has 158 valence electrons. The first-order valence-electron chi connectivity index (χ1n) is 9.76. The van der Waals surface area contributed by atoms with Gasteiger partial charge in [-0.05, 0) is 56.2 Å². The Morgan fingerprint density at radius 3 is 2.57 bits per heavy atom. The molecule has 7 heteroatoms. The van der Waals surface area contributed by atoms with Crippen LogP contribution in [0.15, 0.2) is 61.3 Å². The summed E-state index contributed by atoms with van der Waals surface area (Å²) in [7, 11) is 1.65. The Bertz CT molecular complexity index is 1060.